The molecule has 4 amide bonds. The molecule has 0 radical (unpaired) electrons. The Morgan fingerprint density at radius 2 is 1.86 bits per heavy atom. The summed E-state index contributed by atoms with van der Waals surface area (Å²) in [7, 11) is 0. The highest BCUT2D eigenvalue weighted by Gasteiger charge is 2.49. The number of aromatic nitrogens is 2. The van der Waals surface area contributed by atoms with Crippen LogP contribution < -0.4 is 10.7 Å². The molecule has 1 unspecified atom stereocenters. The summed E-state index contributed by atoms with van der Waals surface area (Å²) in [5.41, 5.74) is 4.61. The lowest BCUT2D eigenvalue weighted by Crippen LogP contribution is -2.42. The number of aryl methyl sites for hydroxylation is 1. The van der Waals surface area contributed by atoms with Crippen LogP contribution in [-0.4, -0.2) is 39.0 Å². The molecule has 1 fully saturated rings. The van der Waals surface area contributed by atoms with Crippen molar-refractivity contribution in [3.05, 3.63) is 66.0 Å². The van der Waals surface area contributed by atoms with Crippen LogP contribution in [0.3, 0.4) is 0 Å². The molecule has 1 aliphatic rings. The van der Waals surface area contributed by atoms with Gasteiger partial charge in [0.1, 0.15) is 18.4 Å². The molecule has 1 aromatic heterocycles. The monoisotopic (exact) mass is 377 g/mol. The first kappa shape index (κ1) is 17.7. The maximum atomic E-state index is 12.9. The fourth-order valence-corrected chi connectivity index (χ4v) is 3.28. The van der Waals surface area contributed by atoms with Crippen molar-refractivity contribution in [3.8, 4) is 0 Å². The van der Waals surface area contributed by atoms with E-state index in [9.17, 15) is 14.4 Å². The molecule has 1 atom stereocenters. The smallest absolute Gasteiger partial charge is 0.319 e. The number of benzene rings is 2. The van der Waals surface area contributed by atoms with Crippen LogP contribution in [0.25, 0.3) is 11.0 Å². The van der Waals surface area contributed by atoms with E-state index in [0.717, 1.165) is 21.5 Å². The molecule has 3 aromatic rings. The van der Waals surface area contributed by atoms with E-state index in [1.807, 2.05) is 43.3 Å². The van der Waals surface area contributed by atoms with Crippen LogP contribution in [0.4, 0.5) is 4.79 Å². The lowest BCUT2D eigenvalue weighted by molar-refractivity contribution is -0.133. The van der Waals surface area contributed by atoms with E-state index in [1.54, 1.807) is 19.1 Å². The molecule has 2 heterocycles. The SMILES string of the molecule is Cc1ccc(C2(C)NC(=O)N(CC(=O)Nn3cnc4ccccc43)C2=O)cc1. The zero-order valence-electron chi connectivity index (χ0n) is 15.5. The van der Waals surface area contributed by atoms with Gasteiger partial charge < -0.3 is 5.32 Å². The number of carbonyl (C=O) groups is 3. The first-order valence-corrected chi connectivity index (χ1v) is 8.82. The van der Waals surface area contributed by atoms with Crippen molar-refractivity contribution in [2.24, 2.45) is 0 Å². The van der Waals surface area contributed by atoms with Gasteiger partial charge in [0.2, 0.25) is 0 Å². The van der Waals surface area contributed by atoms with Gasteiger partial charge in [-0.25, -0.2) is 14.5 Å². The van der Waals surface area contributed by atoms with E-state index in [4.69, 9.17) is 0 Å². The van der Waals surface area contributed by atoms with Gasteiger partial charge in [0.25, 0.3) is 11.8 Å². The molecule has 0 bridgehead atoms. The third kappa shape index (κ3) is 2.88. The highest BCUT2D eigenvalue weighted by Crippen LogP contribution is 2.28. The van der Waals surface area contributed by atoms with Gasteiger partial charge in [-0.2, -0.15) is 0 Å². The molecule has 8 heteroatoms. The number of amides is 4. The number of urea groups is 1. The highest BCUT2D eigenvalue weighted by atomic mass is 16.2. The van der Waals surface area contributed by atoms with Crippen molar-refractivity contribution in [1.82, 2.24) is 19.9 Å². The van der Waals surface area contributed by atoms with Crippen molar-refractivity contribution in [2.75, 3.05) is 12.0 Å². The van der Waals surface area contributed by atoms with Gasteiger partial charge in [-0.15, -0.1) is 0 Å². The van der Waals surface area contributed by atoms with E-state index in [1.165, 1.54) is 11.0 Å². The van der Waals surface area contributed by atoms with E-state index in [2.05, 4.69) is 15.7 Å². The molecular weight excluding hydrogens is 358 g/mol. The molecular formula is C20H19N5O3. The standard InChI is InChI=1S/C20H19N5O3/c1-13-7-9-14(10-8-13)20(2)18(27)24(19(28)22-20)11-17(26)23-25-12-21-15-5-3-4-6-16(15)25/h3-10,12H,11H2,1-2H3,(H,22,28)(H,23,26). The van der Waals surface area contributed by atoms with Crippen molar-refractivity contribution >= 4 is 28.9 Å². The molecule has 0 saturated carbocycles. The highest BCUT2D eigenvalue weighted by molar-refractivity contribution is 6.09. The molecule has 2 aromatic carbocycles. The normalized spacial score (nSPS) is 19.1. The van der Waals surface area contributed by atoms with Gasteiger partial charge >= 0.3 is 6.03 Å². The van der Waals surface area contributed by atoms with Gasteiger partial charge in [-0.05, 0) is 31.5 Å². The number of nitrogens with zero attached hydrogens (tertiary/aromatic N) is 3. The Balaban J connectivity index is 1.51. The van der Waals surface area contributed by atoms with E-state index < -0.39 is 29.9 Å². The average Bonchev–Trinajstić information content (AvgIpc) is 3.17. The Morgan fingerprint density at radius 1 is 1.14 bits per heavy atom. The first-order chi connectivity index (χ1) is 13.4. The molecule has 1 saturated heterocycles. The van der Waals surface area contributed by atoms with E-state index in [-0.39, 0.29) is 0 Å². The molecule has 28 heavy (non-hydrogen) atoms. The van der Waals surface area contributed by atoms with Crippen LogP contribution in [0, 0.1) is 6.92 Å². The molecule has 1 aliphatic heterocycles. The average molecular weight is 377 g/mol. The van der Waals surface area contributed by atoms with Crippen molar-refractivity contribution in [3.63, 3.8) is 0 Å². The number of imidazole rings is 1. The number of imide groups is 1. The number of nitrogens with one attached hydrogen (secondary N) is 2. The molecule has 0 aliphatic carbocycles. The fraction of sp³-hybridized carbons (Fsp3) is 0.200. The van der Waals surface area contributed by atoms with Crippen LogP contribution in [0.15, 0.2) is 54.9 Å². The largest absolute Gasteiger partial charge is 0.325 e. The van der Waals surface area contributed by atoms with Crippen LogP contribution >= 0.6 is 0 Å². The third-order valence-electron chi connectivity index (χ3n) is 4.90. The summed E-state index contributed by atoms with van der Waals surface area (Å²) >= 11 is 0. The van der Waals surface area contributed by atoms with Gasteiger partial charge in [0.15, 0.2) is 0 Å². The summed E-state index contributed by atoms with van der Waals surface area (Å²) in [6.07, 6.45) is 1.48. The van der Waals surface area contributed by atoms with Gasteiger partial charge in [-0.3, -0.25) is 19.9 Å². The number of fused-ring (bicyclic) bond motifs is 1. The van der Waals surface area contributed by atoms with Crippen molar-refractivity contribution in [2.45, 2.75) is 19.4 Å². The molecule has 0 spiro atoms. The Morgan fingerprint density at radius 3 is 2.61 bits per heavy atom. The van der Waals surface area contributed by atoms with Crippen molar-refractivity contribution in [1.29, 1.82) is 0 Å². The minimum absolute atomic E-state index is 0.390. The van der Waals surface area contributed by atoms with Crippen molar-refractivity contribution < 1.29 is 14.4 Å². The second-order valence-electron chi connectivity index (χ2n) is 6.95. The summed E-state index contributed by atoms with van der Waals surface area (Å²) in [6, 6.07) is 14.1. The number of para-hydroxylation sites is 2. The zero-order valence-corrected chi connectivity index (χ0v) is 15.5. The van der Waals surface area contributed by atoms with Crippen LogP contribution in [0.5, 0.6) is 0 Å². The Hall–Kier alpha value is -3.68. The predicted molar refractivity (Wildman–Crippen MR) is 103 cm³/mol. The predicted octanol–water partition coefficient (Wildman–Crippen LogP) is 1.88. The van der Waals surface area contributed by atoms with E-state index in [0.29, 0.717) is 5.56 Å². The minimum atomic E-state index is -1.20. The number of rotatable bonds is 4. The summed E-state index contributed by atoms with van der Waals surface area (Å²) < 4.78 is 1.47. The lowest BCUT2D eigenvalue weighted by atomic mass is 9.91. The fourth-order valence-electron chi connectivity index (χ4n) is 3.28. The maximum absolute atomic E-state index is 12.9. The number of hydrogen-bond acceptors (Lipinski definition) is 4. The second kappa shape index (κ2) is 6.49. The van der Waals surface area contributed by atoms with Gasteiger partial charge in [0, 0.05) is 0 Å². The summed E-state index contributed by atoms with van der Waals surface area (Å²) in [5.74, 6) is -0.966. The Labute approximate surface area is 161 Å². The number of hydrogen-bond donors (Lipinski definition) is 2. The number of carbonyl (C=O) groups excluding carboxylic acids is 3. The molecule has 8 nitrogen and oxygen atoms in total. The van der Waals surface area contributed by atoms with Crippen LogP contribution in [0.2, 0.25) is 0 Å². The van der Waals surface area contributed by atoms with Crippen LogP contribution in [-0.2, 0) is 15.1 Å². The minimum Gasteiger partial charge on any atom is -0.319 e. The quantitative estimate of drug-likeness (QED) is 0.679. The summed E-state index contributed by atoms with van der Waals surface area (Å²) in [5, 5.41) is 2.70. The molecule has 4 rings (SSSR count). The Bertz CT molecular complexity index is 1090. The zero-order chi connectivity index (χ0) is 19.9. The summed E-state index contributed by atoms with van der Waals surface area (Å²) in [6.45, 7) is 3.19. The van der Waals surface area contributed by atoms with Gasteiger partial charge in [0.05, 0.1) is 11.0 Å². The van der Waals surface area contributed by atoms with E-state index >= 15 is 0 Å². The first-order valence-electron chi connectivity index (χ1n) is 8.82. The molecule has 142 valence electrons. The second-order valence-corrected chi connectivity index (χ2v) is 6.95. The maximum Gasteiger partial charge on any atom is 0.325 e. The third-order valence-corrected chi connectivity index (χ3v) is 4.90. The molecule has 2 N–H and O–H groups in total. The van der Waals surface area contributed by atoms with Crippen LogP contribution in [0.1, 0.15) is 18.1 Å². The van der Waals surface area contributed by atoms with Gasteiger partial charge in [-0.1, -0.05) is 42.0 Å². The summed E-state index contributed by atoms with van der Waals surface area (Å²) in [4.78, 5) is 42.9. The lowest BCUT2D eigenvalue weighted by Gasteiger charge is -2.22. The topological polar surface area (TPSA) is 96.3 Å². The Kier molecular flexibility index (Phi) is 4.11.